The van der Waals surface area contributed by atoms with E-state index in [9.17, 15) is 9.18 Å². The molecule has 0 N–H and O–H groups in total. The Balaban J connectivity index is 1.18. The molecule has 1 fully saturated rings. The number of rotatable bonds is 5. The lowest BCUT2D eigenvalue weighted by atomic mass is 9.98. The van der Waals surface area contributed by atoms with E-state index < -0.39 is 0 Å². The van der Waals surface area contributed by atoms with Crippen LogP contribution in [0.2, 0.25) is 0 Å². The van der Waals surface area contributed by atoms with E-state index in [1.165, 1.54) is 17.7 Å². The summed E-state index contributed by atoms with van der Waals surface area (Å²) in [5.74, 6) is 1.14. The molecule has 7 heteroatoms. The minimum Gasteiger partial charge on any atom is -0.339 e. The molecule has 0 saturated carbocycles. The first kappa shape index (κ1) is 19.9. The SMILES string of the molecule is O=C(CCN1CCCC(c2nc(-c3ccc(F)cc3)no2)C1)N1CCc2ccccc21. The van der Waals surface area contributed by atoms with Gasteiger partial charge in [-0.15, -0.1) is 0 Å². The number of halogens is 1. The highest BCUT2D eigenvalue weighted by Crippen LogP contribution is 2.29. The maximum Gasteiger partial charge on any atom is 0.231 e. The Kier molecular flexibility index (Phi) is 5.51. The zero-order valence-electron chi connectivity index (χ0n) is 17.3. The van der Waals surface area contributed by atoms with E-state index in [0.29, 0.717) is 18.1 Å². The maximum atomic E-state index is 13.1. The lowest BCUT2D eigenvalue weighted by Gasteiger charge is -2.31. The van der Waals surface area contributed by atoms with Crippen molar-refractivity contribution in [2.24, 2.45) is 0 Å². The number of likely N-dealkylation sites (tertiary alicyclic amines) is 1. The van der Waals surface area contributed by atoms with Crippen LogP contribution in [0.4, 0.5) is 10.1 Å². The molecule has 1 atom stereocenters. The normalized spacial score (nSPS) is 18.9. The summed E-state index contributed by atoms with van der Waals surface area (Å²) in [6.45, 7) is 3.27. The van der Waals surface area contributed by atoms with Gasteiger partial charge >= 0.3 is 0 Å². The van der Waals surface area contributed by atoms with Crippen LogP contribution in [0.15, 0.2) is 53.1 Å². The number of anilines is 1. The van der Waals surface area contributed by atoms with E-state index in [1.807, 2.05) is 23.1 Å². The third kappa shape index (κ3) is 4.23. The molecule has 5 rings (SSSR count). The summed E-state index contributed by atoms with van der Waals surface area (Å²) in [6, 6.07) is 14.2. The predicted octanol–water partition coefficient (Wildman–Crippen LogP) is 4.03. The van der Waals surface area contributed by atoms with Gasteiger partial charge in [-0.25, -0.2) is 4.39 Å². The molecule has 31 heavy (non-hydrogen) atoms. The van der Waals surface area contributed by atoms with Gasteiger partial charge in [0.25, 0.3) is 0 Å². The third-order valence-corrected chi connectivity index (χ3v) is 6.23. The van der Waals surface area contributed by atoms with Crippen molar-refractivity contribution in [2.45, 2.75) is 31.6 Å². The quantitative estimate of drug-likeness (QED) is 0.624. The predicted molar refractivity (Wildman–Crippen MR) is 115 cm³/mol. The summed E-state index contributed by atoms with van der Waals surface area (Å²) in [4.78, 5) is 21.6. The second-order valence-corrected chi connectivity index (χ2v) is 8.28. The first-order chi connectivity index (χ1) is 15.2. The van der Waals surface area contributed by atoms with Gasteiger partial charge < -0.3 is 14.3 Å². The molecule has 0 bridgehead atoms. The summed E-state index contributed by atoms with van der Waals surface area (Å²) in [5.41, 5.74) is 3.05. The average molecular weight is 420 g/mol. The van der Waals surface area contributed by atoms with E-state index >= 15 is 0 Å². The van der Waals surface area contributed by atoms with Crippen LogP contribution in [-0.2, 0) is 11.2 Å². The van der Waals surface area contributed by atoms with Crippen LogP contribution in [0.3, 0.4) is 0 Å². The minimum atomic E-state index is -0.289. The zero-order valence-corrected chi connectivity index (χ0v) is 17.3. The Morgan fingerprint density at radius 3 is 2.84 bits per heavy atom. The molecular formula is C24H25FN4O2. The number of carbonyl (C=O) groups is 1. The van der Waals surface area contributed by atoms with Crippen molar-refractivity contribution < 1.29 is 13.7 Å². The van der Waals surface area contributed by atoms with E-state index in [2.05, 4.69) is 21.1 Å². The second kappa shape index (κ2) is 8.59. The molecule has 1 aromatic heterocycles. The fourth-order valence-corrected chi connectivity index (χ4v) is 4.56. The van der Waals surface area contributed by atoms with Crippen molar-refractivity contribution in [3.63, 3.8) is 0 Å². The van der Waals surface area contributed by atoms with E-state index in [4.69, 9.17) is 4.52 Å². The molecule has 2 aliphatic heterocycles. The molecule has 1 unspecified atom stereocenters. The van der Waals surface area contributed by atoms with Crippen LogP contribution in [0.5, 0.6) is 0 Å². The van der Waals surface area contributed by atoms with E-state index in [1.54, 1.807) is 12.1 Å². The van der Waals surface area contributed by atoms with Gasteiger partial charge in [-0.1, -0.05) is 23.4 Å². The fraction of sp³-hybridized carbons (Fsp3) is 0.375. The van der Waals surface area contributed by atoms with Crippen LogP contribution in [0.25, 0.3) is 11.4 Å². The minimum absolute atomic E-state index is 0.151. The number of piperidine rings is 1. The van der Waals surface area contributed by atoms with Gasteiger partial charge in [-0.2, -0.15) is 4.98 Å². The monoisotopic (exact) mass is 420 g/mol. The molecule has 0 aliphatic carbocycles. The van der Waals surface area contributed by atoms with Gasteiger partial charge in [0.2, 0.25) is 17.6 Å². The molecule has 0 radical (unpaired) electrons. The number of para-hydroxylation sites is 1. The van der Waals surface area contributed by atoms with Crippen molar-refractivity contribution in [1.82, 2.24) is 15.0 Å². The molecule has 1 saturated heterocycles. The van der Waals surface area contributed by atoms with Gasteiger partial charge in [-0.3, -0.25) is 4.79 Å². The highest BCUT2D eigenvalue weighted by atomic mass is 19.1. The number of aromatic nitrogens is 2. The number of benzene rings is 2. The van der Waals surface area contributed by atoms with Crippen molar-refractivity contribution >= 4 is 11.6 Å². The number of carbonyl (C=O) groups excluding carboxylic acids is 1. The van der Waals surface area contributed by atoms with Crippen LogP contribution >= 0.6 is 0 Å². The summed E-state index contributed by atoms with van der Waals surface area (Å²) < 4.78 is 18.7. The number of fused-ring (bicyclic) bond motifs is 1. The standard InChI is InChI=1S/C24H25FN4O2/c25-20-9-7-18(8-10-20)23-26-24(31-27-23)19-5-3-13-28(16-19)14-12-22(30)29-15-11-17-4-1-2-6-21(17)29/h1-2,4,6-10,19H,3,5,11-16H2. The zero-order chi connectivity index (χ0) is 21.2. The van der Waals surface area contributed by atoms with Gasteiger partial charge in [0.1, 0.15) is 5.82 Å². The van der Waals surface area contributed by atoms with Crippen LogP contribution in [-0.4, -0.2) is 47.1 Å². The van der Waals surface area contributed by atoms with Crippen molar-refractivity contribution in [3.05, 3.63) is 65.8 Å². The van der Waals surface area contributed by atoms with Crippen molar-refractivity contribution in [3.8, 4) is 11.4 Å². The number of amides is 1. The van der Waals surface area contributed by atoms with Gasteiger partial charge in [-0.05, 0) is 61.7 Å². The maximum absolute atomic E-state index is 13.1. The Morgan fingerprint density at radius 2 is 1.97 bits per heavy atom. The molecular weight excluding hydrogens is 395 g/mol. The highest BCUT2D eigenvalue weighted by molar-refractivity contribution is 5.95. The second-order valence-electron chi connectivity index (χ2n) is 8.28. The largest absolute Gasteiger partial charge is 0.339 e. The lowest BCUT2D eigenvalue weighted by molar-refractivity contribution is -0.118. The first-order valence-electron chi connectivity index (χ1n) is 10.9. The molecule has 160 valence electrons. The molecule has 1 amide bonds. The van der Waals surface area contributed by atoms with Gasteiger partial charge in [0, 0.05) is 37.3 Å². The summed E-state index contributed by atoms with van der Waals surface area (Å²) in [7, 11) is 0. The topological polar surface area (TPSA) is 62.5 Å². The molecule has 3 heterocycles. The Bertz CT molecular complexity index is 1070. The summed E-state index contributed by atoms with van der Waals surface area (Å²) >= 11 is 0. The molecule has 2 aliphatic rings. The first-order valence-corrected chi connectivity index (χ1v) is 10.9. The van der Waals surface area contributed by atoms with Crippen LogP contribution in [0, 0.1) is 5.82 Å². The van der Waals surface area contributed by atoms with Gasteiger partial charge in [0.05, 0.1) is 5.92 Å². The smallest absolute Gasteiger partial charge is 0.231 e. The molecule has 0 spiro atoms. The summed E-state index contributed by atoms with van der Waals surface area (Å²) in [5, 5.41) is 4.08. The summed E-state index contributed by atoms with van der Waals surface area (Å²) in [6.07, 6.45) is 3.45. The van der Waals surface area contributed by atoms with E-state index in [-0.39, 0.29) is 17.6 Å². The number of hydrogen-bond donors (Lipinski definition) is 0. The fourth-order valence-electron chi connectivity index (χ4n) is 4.56. The molecule has 6 nitrogen and oxygen atoms in total. The Labute approximate surface area is 180 Å². The molecule has 2 aromatic carbocycles. The highest BCUT2D eigenvalue weighted by Gasteiger charge is 2.28. The average Bonchev–Trinajstić information content (AvgIpc) is 3.46. The van der Waals surface area contributed by atoms with Crippen LogP contribution < -0.4 is 4.90 Å². The molecule has 3 aromatic rings. The van der Waals surface area contributed by atoms with Gasteiger partial charge in [0.15, 0.2) is 0 Å². The third-order valence-electron chi connectivity index (χ3n) is 6.23. The Morgan fingerprint density at radius 1 is 1.13 bits per heavy atom. The van der Waals surface area contributed by atoms with E-state index in [0.717, 1.165) is 56.7 Å². The Hall–Kier alpha value is -3.06. The van der Waals surface area contributed by atoms with Crippen molar-refractivity contribution in [2.75, 3.05) is 31.1 Å². The number of nitrogens with zero attached hydrogens (tertiary/aromatic N) is 4. The van der Waals surface area contributed by atoms with Crippen molar-refractivity contribution in [1.29, 1.82) is 0 Å². The number of hydrogen-bond acceptors (Lipinski definition) is 5. The van der Waals surface area contributed by atoms with Crippen LogP contribution in [0.1, 0.15) is 36.6 Å². The lowest BCUT2D eigenvalue weighted by Crippen LogP contribution is -2.38.